The maximum Gasteiger partial charge on any atom is 0.115 e. The second kappa shape index (κ2) is 5.54. The van der Waals surface area contributed by atoms with Crippen molar-refractivity contribution in [2.24, 2.45) is 5.92 Å². The molecule has 0 heterocycles. The molecule has 0 amide bonds. The quantitative estimate of drug-likeness (QED) is 0.861. The van der Waals surface area contributed by atoms with Gasteiger partial charge in [0.05, 0.1) is 0 Å². The van der Waals surface area contributed by atoms with Crippen LogP contribution in [0.15, 0.2) is 18.2 Å². The van der Waals surface area contributed by atoms with Crippen molar-refractivity contribution in [3.63, 3.8) is 0 Å². The molecule has 3 rings (SSSR count). The van der Waals surface area contributed by atoms with Crippen molar-refractivity contribution in [2.45, 2.75) is 64.0 Å². The summed E-state index contributed by atoms with van der Waals surface area (Å²) in [6.45, 7) is 2.35. The third-order valence-corrected chi connectivity index (χ3v) is 5.01. The van der Waals surface area contributed by atoms with Gasteiger partial charge in [0, 0.05) is 12.1 Å². The minimum absolute atomic E-state index is 0.406. The van der Waals surface area contributed by atoms with Crippen LogP contribution in [0.2, 0.25) is 0 Å². The Hall–Kier alpha value is -1.02. The van der Waals surface area contributed by atoms with E-state index >= 15 is 0 Å². The smallest absolute Gasteiger partial charge is 0.115 e. The third kappa shape index (κ3) is 2.79. The second-order valence-corrected chi connectivity index (χ2v) is 6.33. The number of phenolic OH excluding ortho intramolecular Hbond substituents is 1. The van der Waals surface area contributed by atoms with Crippen molar-refractivity contribution >= 4 is 0 Å². The molecule has 1 aromatic rings. The van der Waals surface area contributed by atoms with Gasteiger partial charge in [-0.15, -0.1) is 0 Å². The summed E-state index contributed by atoms with van der Waals surface area (Å²) >= 11 is 0. The van der Waals surface area contributed by atoms with Crippen LogP contribution >= 0.6 is 0 Å². The first-order chi connectivity index (χ1) is 9.24. The molecule has 0 spiro atoms. The van der Waals surface area contributed by atoms with Gasteiger partial charge in [-0.05, 0) is 68.2 Å². The van der Waals surface area contributed by atoms with Gasteiger partial charge < -0.3 is 10.4 Å². The zero-order valence-electron chi connectivity index (χ0n) is 11.9. The van der Waals surface area contributed by atoms with Crippen LogP contribution in [0.5, 0.6) is 5.75 Å². The highest BCUT2D eigenvalue weighted by Gasteiger charge is 2.26. The fourth-order valence-corrected chi connectivity index (χ4v) is 3.88. The van der Waals surface area contributed by atoms with Crippen molar-refractivity contribution in [3.8, 4) is 5.75 Å². The average molecular weight is 259 g/mol. The molecule has 104 valence electrons. The van der Waals surface area contributed by atoms with E-state index in [2.05, 4.69) is 18.3 Å². The highest BCUT2D eigenvalue weighted by molar-refractivity contribution is 5.38. The van der Waals surface area contributed by atoms with Crippen LogP contribution in [0.1, 0.15) is 62.6 Å². The van der Waals surface area contributed by atoms with Crippen molar-refractivity contribution < 1.29 is 5.11 Å². The normalized spacial score (nSPS) is 25.2. The first kappa shape index (κ1) is 13.0. The molecule has 1 saturated carbocycles. The number of hydrogen-bond acceptors (Lipinski definition) is 2. The number of hydrogen-bond donors (Lipinski definition) is 2. The van der Waals surface area contributed by atoms with E-state index in [1.54, 1.807) is 0 Å². The van der Waals surface area contributed by atoms with Gasteiger partial charge in [0.15, 0.2) is 0 Å². The summed E-state index contributed by atoms with van der Waals surface area (Å²) in [6.07, 6.45) is 9.17. The molecule has 1 aromatic carbocycles. The van der Waals surface area contributed by atoms with Gasteiger partial charge in [0.2, 0.25) is 0 Å². The Balaban J connectivity index is 1.72. The van der Waals surface area contributed by atoms with Crippen LogP contribution in [0, 0.1) is 5.92 Å². The zero-order chi connectivity index (χ0) is 13.2. The summed E-state index contributed by atoms with van der Waals surface area (Å²) in [5.41, 5.74) is 2.75. The Morgan fingerprint density at radius 2 is 1.95 bits per heavy atom. The van der Waals surface area contributed by atoms with Gasteiger partial charge in [0.25, 0.3) is 0 Å². The van der Waals surface area contributed by atoms with Gasteiger partial charge in [-0.1, -0.05) is 18.9 Å². The SMILES string of the molecule is C[C@@H](NC1CCCc2cc(O)ccc21)C1CCCC1. The Morgan fingerprint density at radius 3 is 2.74 bits per heavy atom. The third-order valence-electron chi connectivity index (χ3n) is 5.01. The highest BCUT2D eigenvalue weighted by atomic mass is 16.3. The molecule has 2 aliphatic rings. The lowest BCUT2D eigenvalue weighted by Crippen LogP contribution is -2.36. The van der Waals surface area contributed by atoms with Crippen molar-refractivity contribution in [3.05, 3.63) is 29.3 Å². The van der Waals surface area contributed by atoms with Crippen molar-refractivity contribution in [2.75, 3.05) is 0 Å². The van der Waals surface area contributed by atoms with Crippen LogP contribution in [-0.4, -0.2) is 11.1 Å². The lowest BCUT2D eigenvalue weighted by Gasteiger charge is -2.31. The maximum atomic E-state index is 9.61. The molecule has 0 saturated heterocycles. The summed E-state index contributed by atoms with van der Waals surface area (Å²) in [7, 11) is 0. The van der Waals surface area contributed by atoms with E-state index in [9.17, 15) is 5.11 Å². The van der Waals surface area contributed by atoms with E-state index in [0.717, 1.165) is 12.3 Å². The van der Waals surface area contributed by atoms with Gasteiger partial charge in [0.1, 0.15) is 5.75 Å². The maximum absolute atomic E-state index is 9.61. The lowest BCUT2D eigenvalue weighted by molar-refractivity contribution is 0.324. The van der Waals surface area contributed by atoms with Crippen molar-refractivity contribution in [1.29, 1.82) is 0 Å². The minimum Gasteiger partial charge on any atom is -0.508 e. The van der Waals surface area contributed by atoms with Crippen LogP contribution in [-0.2, 0) is 6.42 Å². The molecule has 0 aliphatic heterocycles. The van der Waals surface area contributed by atoms with Gasteiger partial charge in [-0.25, -0.2) is 0 Å². The monoisotopic (exact) mass is 259 g/mol. The molecule has 2 N–H and O–H groups in total. The van der Waals surface area contributed by atoms with Crippen LogP contribution < -0.4 is 5.32 Å². The minimum atomic E-state index is 0.406. The van der Waals surface area contributed by atoms with Crippen LogP contribution in [0.25, 0.3) is 0 Å². The first-order valence-electron chi connectivity index (χ1n) is 7.82. The van der Waals surface area contributed by atoms with E-state index in [1.807, 2.05) is 12.1 Å². The summed E-state index contributed by atoms with van der Waals surface area (Å²) < 4.78 is 0. The summed E-state index contributed by atoms with van der Waals surface area (Å²) in [4.78, 5) is 0. The molecule has 0 bridgehead atoms. The predicted octanol–water partition coefficient (Wildman–Crippen LogP) is 3.94. The van der Waals surface area contributed by atoms with Gasteiger partial charge in [-0.3, -0.25) is 0 Å². The number of aromatic hydroxyl groups is 1. The molecular formula is C17H25NO. The number of aryl methyl sites for hydroxylation is 1. The van der Waals surface area contributed by atoms with Gasteiger partial charge >= 0.3 is 0 Å². The molecule has 1 fully saturated rings. The zero-order valence-corrected chi connectivity index (χ0v) is 11.9. The molecule has 0 aromatic heterocycles. The Morgan fingerprint density at radius 1 is 1.16 bits per heavy atom. The summed E-state index contributed by atoms with van der Waals surface area (Å²) in [5, 5.41) is 13.5. The molecule has 2 heteroatoms. The van der Waals surface area contributed by atoms with E-state index in [4.69, 9.17) is 0 Å². The Bertz CT molecular complexity index is 437. The van der Waals surface area contributed by atoms with Crippen LogP contribution in [0.3, 0.4) is 0 Å². The topological polar surface area (TPSA) is 32.3 Å². The number of phenols is 1. The van der Waals surface area contributed by atoms with Crippen molar-refractivity contribution in [1.82, 2.24) is 5.32 Å². The second-order valence-electron chi connectivity index (χ2n) is 6.33. The van der Waals surface area contributed by atoms with Gasteiger partial charge in [-0.2, -0.15) is 0 Å². The molecule has 2 atom stereocenters. The molecule has 0 radical (unpaired) electrons. The fraction of sp³-hybridized carbons (Fsp3) is 0.647. The average Bonchev–Trinajstić information content (AvgIpc) is 2.92. The fourth-order valence-electron chi connectivity index (χ4n) is 3.88. The van der Waals surface area contributed by atoms with E-state index in [0.29, 0.717) is 17.8 Å². The number of nitrogens with one attached hydrogen (secondary N) is 1. The first-order valence-corrected chi connectivity index (χ1v) is 7.82. The highest BCUT2D eigenvalue weighted by Crippen LogP contribution is 2.34. The summed E-state index contributed by atoms with van der Waals surface area (Å²) in [5.74, 6) is 1.27. The molecule has 2 nitrogen and oxygen atoms in total. The Kier molecular flexibility index (Phi) is 3.79. The van der Waals surface area contributed by atoms with Crippen LogP contribution in [0.4, 0.5) is 0 Å². The van der Waals surface area contributed by atoms with E-state index < -0.39 is 0 Å². The number of fused-ring (bicyclic) bond motifs is 1. The molecule has 2 aliphatic carbocycles. The molecular weight excluding hydrogens is 234 g/mol. The predicted molar refractivity (Wildman–Crippen MR) is 78.3 cm³/mol. The van der Waals surface area contributed by atoms with E-state index in [1.165, 1.54) is 49.7 Å². The summed E-state index contributed by atoms with van der Waals surface area (Å²) in [6, 6.07) is 7.00. The number of rotatable bonds is 3. The largest absolute Gasteiger partial charge is 0.508 e. The molecule has 1 unspecified atom stereocenters. The Labute approximate surface area is 116 Å². The number of benzene rings is 1. The lowest BCUT2D eigenvalue weighted by atomic mass is 9.86. The molecule has 19 heavy (non-hydrogen) atoms. The van der Waals surface area contributed by atoms with E-state index in [-0.39, 0.29) is 0 Å². The standard InChI is InChI=1S/C17H25NO/c1-12(13-5-2-3-6-13)18-17-8-4-7-14-11-15(19)9-10-16(14)17/h9-13,17-19H,2-8H2,1H3/t12-,17?/m1/s1.